The highest BCUT2D eigenvalue weighted by Gasteiger charge is 2.14. The molecule has 0 bridgehead atoms. The Morgan fingerprint density at radius 2 is 2.16 bits per heavy atom. The van der Waals surface area contributed by atoms with Gasteiger partial charge in [0, 0.05) is 17.9 Å². The number of rotatable bonds is 2. The molecule has 0 spiro atoms. The molecular formula is C17H11ClN4O3. The molecule has 2 aromatic heterocycles. The van der Waals surface area contributed by atoms with Gasteiger partial charge in [-0.25, -0.2) is 4.98 Å². The van der Waals surface area contributed by atoms with Crippen LogP contribution in [0.5, 0.6) is 5.88 Å². The molecule has 0 aliphatic rings. The van der Waals surface area contributed by atoms with Gasteiger partial charge in [0.25, 0.3) is 5.91 Å². The SMILES string of the molecule is Cc1nc2cc(C(=O)N=Nc3c(O)[nH]c4c(Cl)cccc34)ccc2o1. The van der Waals surface area contributed by atoms with Gasteiger partial charge in [-0.05, 0) is 24.3 Å². The van der Waals surface area contributed by atoms with E-state index >= 15 is 0 Å². The molecule has 0 saturated carbocycles. The van der Waals surface area contributed by atoms with Gasteiger partial charge in [-0.1, -0.05) is 23.7 Å². The highest BCUT2D eigenvalue weighted by atomic mass is 35.5. The number of benzene rings is 2. The summed E-state index contributed by atoms with van der Waals surface area (Å²) in [5.74, 6) is -0.248. The molecule has 4 rings (SSSR count). The van der Waals surface area contributed by atoms with Crippen LogP contribution in [-0.4, -0.2) is 21.0 Å². The Kier molecular flexibility index (Phi) is 3.51. The van der Waals surface area contributed by atoms with Gasteiger partial charge >= 0.3 is 0 Å². The lowest BCUT2D eigenvalue weighted by Crippen LogP contribution is -1.93. The van der Waals surface area contributed by atoms with Crippen LogP contribution >= 0.6 is 11.6 Å². The van der Waals surface area contributed by atoms with Crippen molar-refractivity contribution in [3.05, 3.63) is 52.9 Å². The summed E-state index contributed by atoms with van der Waals surface area (Å²) in [5, 5.41) is 18.6. The van der Waals surface area contributed by atoms with Gasteiger partial charge in [0.2, 0.25) is 5.88 Å². The lowest BCUT2D eigenvalue weighted by molar-refractivity contribution is 0.0995. The third-order valence-electron chi connectivity index (χ3n) is 3.72. The third-order valence-corrected chi connectivity index (χ3v) is 4.03. The molecule has 7 nitrogen and oxygen atoms in total. The number of aromatic hydroxyl groups is 1. The second-order valence-corrected chi connectivity index (χ2v) is 5.81. The van der Waals surface area contributed by atoms with E-state index < -0.39 is 5.91 Å². The first kappa shape index (κ1) is 15.3. The predicted molar refractivity (Wildman–Crippen MR) is 92.6 cm³/mol. The number of amides is 1. The van der Waals surface area contributed by atoms with Crippen molar-refractivity contribution in [2.45, 2.75) is 6.92 Å². The lowest BCUT2D eigenvalue weighted by atomic mass is 10.2. The summed E-state index contributed by atoms with van der Waals surface area (Å²) >= 11 is 6.06. The van der Waals surface area contributed by atoms with Gasteiger partial charge in [0.15, 0.2) is 17.2 Å². The molecule has 0 radical (unpaired) electrons. The highest BCUT2D eigenvalue weighted by Crippen LogP contribution is 2.38. The molecule has 0 atom stereocenters. The van der Waals surface area contributed by atoms with Gasteiger partial charge in [-0.15, -0.1) is 10.2 Å². The van der Waals surface area contributed by atoms with Crippen molar-refractivity contribution in [1.82, 2.24) is 9.97 Å². The fourth-order valence-corrected chi connectivity index (χ4v) is 2.81. The molecule has 2 N–H and O–H groups in total. The summed E-state index contributed by atoms with van der Waals surface area (Å²) in [6.45, 7) is 1.73. The Morgan fingerprint density at radius 1 is 1.32 bits per heavy atom. The van der Waals surface area contributed by atoms with Crippen LogP contribution in [0.15, 0.2) is 51.0 Å². The van der Waals surface area contributed by atoms with E-state index in [1.807, 2.05) is 0 Å². The number of carbonyl (C=O) groups is 1. The van der Waals surface area contributed by atoms with E-state index in [0.29, 0.717) is 38.5 Å². The van der Waals surface area contributed by atoms with Crippen molar-refractivity contribution >= 4 is 45.2 Å². The van der Waals surface area contributed by atoms with Crippen LogP contribution in [0.3, 0.4) is 0 Å². The summed E-state index contributed by atoms with van der Waals surface area (Å²) in [5.41, 5.74) is 2.17. The average molecular weight is 355 g/mol. The van der Waals surface area contributed by atoms with E-state index in [4.69, 9.17) is 16.0 Å². The van der Waals surface area contributed by atoms with Crippen LogP contribution in [0.25, 0.3) is 22.0 Å². The number of aromatic amines is 1. The zero-order valence-corrected chi connectivity index (χ0v) is 13.7. The van der Waals surface area contributed by atoms with E-state index in [0.717, 1.165) is 0 Å². The Hall–Kier alpha value is -3.19. The molecule has 124 valence electrons. The van der Waals surface area contributed by atoms with Crippen LogP contribution in [-0.2, 0) is 0 Å². The maximum atomic E-state index is 12.3. The minimum absolute atomic E-state index is 0.157. The van der Waals surface area contributed by atoms with Gasteiger partial charge in [0.05, 0.1) is 10.5 Å². The number of para-hydroxylation sites is 1. The molecular weight excluding hydrogens is 344 g/mol. The number of fused-ring (bicyclic) bond motifs is 2. The van der Waals surface area contributed by atoms with Crippen molar-refractivity contribution in [2.24, 2.45) is 10.2 Å². The Morgan fingerprint density at radius 3 is 3.00 bits per heavy atom. The standard InChI is InChI=1S/C17H11ClN4O3/c1-8-19-12-7-9(5-6-13(12)25-8)16(23)22-21-15-10-3-2-4-11(18)14(10)20-17(15)24/h2-7,20,24H,1H3. The molecule has 8 heteroatoms. The Balaban J connectivity index is 1.70. The van der Waals surface area contributed by atoms with E-state index in [2.05, 4.69) is 20.2 Å². The van der Waals surface area contributed by atoms with E-state index in [1.165, 1.54) is 0 Å². The molecule has 0 fully saturated rings. The normalized spacial score (nSPS) is 11.8. The van der Waals surface area contributed by atoms with Gasteiger partial charge in [-0.2, -0.15) is 0 Å². The summed E-state index contributed by atoms with van der Waals surface area (Å²) in [4.78, 5) is 19.2. The minimum atomic E-state index is -0.557. The quantitative estimate of drug-likeness (QED) is 0.499. The van der Waals surface area contributed by atoms with Crippen LogP contribution < -0.4 is 0 Å². The van der Waals surface area contributed by atoms with Crippen molar-refractivity contribution < 1.29 is 14.3 Å². The largest absolute Gasteiger partial charge is 0.493 e. The van der Waals surface area contributed by atoms with Crippen molar-refractivity contribution in [3.63, 3.8) is 0 Å². The van der Waals surface area contributed by atoms with Crippen molar-refractivity contribution in [3.8, 4) is 5.88 Å². The van der Waals surface area contributed by atoms with Crippen molar-refractivity contribution in [1.29, 1.82) is 0 Å². The maximum Gasteiger partial charge on any atom is 0.295 e. The average Bonchev–Trinajstić information content (AvgIpc) is 3.11. The van der Waals surface area contributed by atoms with Gasteiger partial charge in [-0.3, -0.25) is 4.79 Å². The first-order valence-electron chi connectivity index (χ1n) is 7.35. The number of nitrogens with one attached hydrogen (secondary N) is 1. The molecule has 2 heterocycles. The van der Waals surface area contributed by atoms with Crippen LogP contribution in [0.1, 0.15) is 16.2 Å². The van der Waals surface area contributed by atoms with E-state index in [-0.39, 0.29) is 11.6 Å². The number of H-pyrrole nitrogens is 1. The first-order valence-corrected chi connectivity index (χ1v) is 7.73. The molecule has 25 heavy (non-hydrogen) atoms. The molecule has 0 saturated heterocycles. The van der Waals surface area contributed by atoms with Gasteiger partial charge < -0.3 is 14.5 Å². The molecule has 0 aliphatic carbocycles. The number of aryl methyl sites for hydroxylation is 1. The predicted octanol–water partition coefficient (Wildman–Crippen LogP) is 4.90. The van der Waals surface area contributed by atoms with Gasteiger partial charge in [0.1, 0.15) is 5.52 Å². The van der Waals surface area contributed by atoms with Crippen LogP contribution in [0, 0.1) is 6.92 Å². The number of aromatic nitrogens is 2. The maximum absolute atomic E-state index is 12.3. The monoisotopic (exact) mass is 354 g/mol. The molecule has 0 unspecified atom stereocenters. The Bertz CT molecular complexity index is 1160. The molecule has 4 aromatic rings. The molecule has 0 aliphatic heterocycles. The number of halogens is 1. The first-order chi connectivity index (χ1) is 12.0. The Labute approximate surface area is 146 Å². The third kappa shape index (κ3) is 2.64. The molecule has 2 aromatic carbocycles. The number of oxazole rings is 1. The molecule has 1 amide bonds. The topological polar surface area (TPSA) is 104 Å². The number of nitrogens with zero attached hydrogens (tertiary/aromatic N) is 3. The number of azo groups is 1. The summed E-state index contributed by atoms with van der Waals surface area (Å²) in [7, 11) is 0. The number of hydrogen-bond acceptors (Lipinski definition) is 5. The fourth-order valence-electron chi connectivity index (χ4n) is 2.58. The van der Waals surface area contributed by atoms with E-state index in [1.54, 1.807) is 43.3 Å². The second-order valence-electron chi connectivity index (χ2n) is 5.41. The lowest BCUT2D eigenvalue weighted by Gasteiger charge is -1.95. The van der Waals surface area contributed by atoms with Crippen molar-refractivity contribution in [2.75, 3.05) is 0 Å². The second kappa shape index (κ2) is 5.71. The van der Waals surface area contributed by atoms with Crippen LogP contribution in [0.4, 0.5) is 5.69 Å². The zero-order valence-electron chi connectivity index (χ0n) is 12.9. The summed E-state index contributed by atoms with van der Waals surface area (Å²) < 4.78 is 5.37. The number of hydrogen-bond donors (Lipinski definition) is 2. The summed E-state index contributed by atoms with van der Waals surface area (Å²) in [6, 6.07) is 9.95. The van der Waals surface area contributed by atoms with E-state index in [9.17, 15) is 9.90 Å². The zero-order chi connectivity index (χ0) is 17.6. The highest BCUT2D eigenvalue weighted by molar-refractivity contribution is 6.35. The number of carbonyl (C=O) groups excluding carboxylic acids is 1. The fraction of sp³-hybridized carbons (Fsp3) is 0.0588. The smallest absolute Gasteiger partial charge is 0.295 e. The minimum Gasteiger partial charge on any atom is -0.493 e. The summed E-state index contributed by atoms with van der Waals surface area (Å²) in [6.07, 6.45) is 0. The van der Waals surface area contributed by atoms with Crippen LogP contribution in [0.2, 0.25) is 5.02 Å².